The lowest BCUT2D eigenvalue weighted by molar-refractivity contribution is -0.112. The molecule has 2 N–H and O–H groups in total. The van der Waals surface area contributed by atoms with Crippen molar-refractivity contribution < 1.29 is 19.4 Å². The number of nitriles is 1. The van der Waals surface area contributed by atoms with Crippen molar-refractivity contribution in [3.8, 4) is 11.8 Å². The van der Waals surface area contributed by atoms with Crippen molar-refractivity contribution >= 4 is 34.4 Å². The molecule has 0 atom stereocenters. The minimum absolute atomic E-state index is 0.0262. The van der Waals surface area contributed by atoms with Gasteiger partial charge in [0.1, 0.15) is 17.4 Å². The lowest BCUT2D eigenvalue weighted by atomic mass is 10.0. The SMILES string of the molecule is COC(=O)c1ccc(NC(=O)/C(C#N)=C/c2c(O)ccc3ccccc23)cc1. The van der Waals surface area contributed by atoms with Crippen molar-refractivity contribution in [1.29, 1.82) is 5.26 Å². The molecule has 0 radical (unpaired) electrons. The summed E-state index contributed by atoms with van der Waals surface area (Å²) < 4.78 is 4.62. The third kappa shape index (κ3) is 3.84. The van der Waals surface area contributed by atoms with Gasteiger partial charge in [-0.15, -0.1) is 0 Å². The zero-order valence-corrected chi connectivity index (χ0v) is 15.0. The molecule has 3 rings (SSSR count). The van der Waals surface area contributed by atoms with E-state index in [-0.39, 0.29) is 11.3 Å². The summed E-state index contributed by atoms with van der Waals surface area (Å²) in [6.07, 6.45) is 1.36. The van der Waals surface area contributed by atoms with Gasteiger partial charge in [-0.3, -0.25) is 4.79 Å². The molecular weight excluding hydrogens is 356 g/mol. The summed E-state index contributed by atoms with van der Waals surface area (Å²) in [4.78, 5) is 24.0. The van der Waals surface area contributed by atoms with E-state index in [1.165, 1.54) is 43.5 Å². The minimum Gasteiger partial charge on any atom is -0.507 e. The maximum absolute atomic E-state index is 12.5. The van der Waals surface area contributed by atoms with Gasteiger partial charge in [0.2, 0.25) is 0 Å². The van der Waals surface area contributed by atoms with E-state index in [1.54, 1.807) is 12.1 Å². The van der Waals surface area contributed by atoms with Crippen LogP contribution in [0.4, 0.5) is 5.69 Å². The zero-order valence-electron chi connectivity index (χ0n) is 15.0. The fourth-order valence-electron chi connectivity index (χ4n) is 2.73. The molecule has 28 heavy (non-hydrogen) atoms. The number of anilines is 1. The Morgan fingerprint density at radius 2 is 1.79 bits per heavy atom. The van der Waals surface area contributed by atoms with Crippen LogP contribution in [0.3, 0.4) is 0 Å². The number of methoxy groups -OCH3 is 1. The number of amides is 1. The molecule has 0 fully saturated rings. The van der Waals surface area contributed by atoms with Crippen LogP contribution in [0.2, 0.25) is 0 Å². The molecule has 0 heterocycles. The van der Waals surface area contributed by atoms with Gasteiger partial charge in [-0.05, 0) is 47.2 Å². The van der Waals surface area contributed by atoms with E-state index in [4.69, 9.17) is 0 Å². The first kappa shape index (κ1) is 18.7. The van der Waals surface area contributed by atoms with Crippen LogP contribution in [-0.4, -0.2) is 24.1 Å². The Bertz CT molecular complexity index is 1130. The predicted octanol–water partition coefficient (Wildman–Crippen LogP) is 3.88. The number of fused-ring (bicyclic) bond motifs is 1. The summed E-state index contributed by atoms with van der Waals surface area (Å²) in [6, 6.07) is 18.6. The van der Waals surface area contributed by atoms with E-state index in [0.717, 1.165) is 10.8 Å². The average molecular weight is 372 g/mol. The number of rotatable bonds is 4. The third-order valence-electron chi connectivity index (χ3n) is 4.17. The predicted molar refractivity (Wildman–Crippen MR) is 106 cm³/mol. The first-order chi connectivity index (χ1) is 13.5. The van der Waals surface area contributed by atoms with Gasteiger partial charge in [-0.2, -0.15) is 5.26 Å². The van der Waals surface area contributed by atoms with Gasteiger partial charge in [0, 0.05) is 11.3 Å². The van der Waals surface area contributed by atoms with E-state index in [9.17, 15) is 20.0 Å². The van der Waals surface area contributed by atoms with Crippen LogP contribution in [-0.2, 0) is 9.53 Å². The molecule has 0 aliphatic carbocycles. The second-order valence-corrected chi connectivity index (χ2v) is 5.91. The largest absolute Gasteiger partial charge is 0.507 e. The van der Waals surface area contributed by atoms with Gasteiger partial charge in [0.25, 0.3) is 5.91 Å². The average Bonchev–Trinajstić information content (AvgIpc) is 2.73. The highest BCUT2D eigenvalue weighted by atomic mass is 16.5. The minimum atomic E-state index is -0.624. The Balaban J connectivity index is 1.90. The molecule has 1 amide bonds. The van der Waals surface area contributed by atoms with Crippen molar-refractivity contribution in [1.82, 2.24) is 0 Å². The van der Waals surface area contributed by atoms with Gasteiger partial charge in [-0.25, -0.2) is 4.79 Å². The zero-order chi connectivity index (χ0) is 20.1. The smallest absolute Gasteiger partial charge is 0.337 e. The van der Waals surface area contributed by atoms with Crippen molar-refractivity contribution in [2.75, 3.05) is 12.4 Å². The van der Waals surface area contributed by atoms with Crippen LogP contribution in [0, 0.1) is 11.3 Å². The summed E-state index contributed by atoms with van der Waals surface area (Å²) in [7, 11) is 1.28. The molecule has 138 valence electrons. The second-order valence-electron chi connectivity index (χ2n) is 5.91. The van der Waals surface area contributed by atoms with E-state index >= 15 is 0 Å². The van der Waals surface area contributed by atoms with Gasteiger partial charge in [0.05, 0.1) is 12.7 Å². The molecule has 0 aliphatic heterocycles. The highest BCUT2D eigenvalue weighted by molar-refractivity contribution is 6.11. The number of hydrogen-bond acceptors (Lipinski definition) is 5. The van der Waals surface area contributed by atoms with Crippen LogP contribution in [0.1, 0.15) is 15.9 Å². The number of carbonyl (C=O) groups excluding carboxylic acids is 2. The standard InChI is InChI=1S/C22H16N2O4/c1-28-22(27)15-6-9-17(10-7-15)24-21(26)16(13-23)12-19-18-5-3-2-4-14(18)8-11-20(19)25/h2-12,25H,1H3,(H,24,26)/b16-12+. The van der Waals surface area contributed by atoms with Gasteiger partial charge in [0.15, 0.2) is 0 Å². The number of phenols is 1. The number of phenolic OH excluding ortho intramolecular Hbond substituents is 1. The Morgan fingerprint density at radius 1 is 1.07 bits per heavy atom. The normalized spacial score (nSPS) is 10.9. The summed E-state index contributed by atoms with van der Waals surface area (Å²) in [5.41, 5.74) is 0.993. The Kier molecular flexibility index (Phi) is 5.38. The number of esters is 1. The van der Waals surface area contributed by atoms with Gasteiger partial charge in [-0.1, -0.05) is 30.3 Å². The van der Waals surface area contributed by atoms with Crippen LogP contribution >= 0.6 is 0 Å². The van der Waals surface area contributed by atoms with Crippen molar-refractivity contribution in [3.63, 3.8) is 0 Å². The first-order valence-corrected chi connectivity index (χ1v) is 8.35. The fourth-order valence-corrected chi connectivity index (χ4v) is 2.73. The first-order valence-electron chi connectivity index (χ1n) is 8.35. The Labute approximate surface area is 161 Å². The number of nitrogens with one attached hydrogen (secondary N) is 1. The highest BCUT2D eigenvalue weighted by Gasteiger charge is 2.13. The maximum atomic E-state index is 12.5. The van der Waals surface area contributed by atoms with Gasteiger partial charge >= 0.3 is 5.97 Å². The molecular formula is C22H16N2O4. The summed E-state index contributed by atoms with van der Waals surface area (Å²) in [5.74, 6) is -1.13. The molecule has 0 unspecified atom stereocenters. The summed E-state index contributed by atoms with van der Waals surface area (Å²) in [5, 5.41) is 23.8. The topological polar surface area (TPSA) is 99.4 Å². The maximum Gasteiger partial charge on any atom is 0.337 e. The van der Waals surface area contributed by atoms with E-state index in [0.29, 0.717) is 16.8 Å². The van der Waals surface area contributed by atoms with Crippen molar-refractivity contribution in [3.05, 3.63) is 77.4 Å². The van der Waals surface area contributed by atoms with Crippen molar-refractivity contribution in [2.24, 2.45) is 0 Å². The Hall–Kier alpha value is -4.11. The van der Waals surface area contributed by atoms with E-state index in [2.05, 4.69) is 10.1 Å². The molecule has 0 spiro atoms. The molecule has 0 aliphatic rings. The monoisotopic (exact) mass is 372 g/mol. The molecule has 0 saturated carbocycles. The quantitative estimate of drug-likeness (QED) is 0.411. The Morgan fingerprint density at radius 3 is 2.46 bits per heavy atom. The second kappa shape index (κ2) is 8.06. The third-order valence-corrected chi connectivity index (χ3v) is 4.17. The van der Waals surface area contributed by atoms with Crippen LogP contribution < -0.4 is 5.32 Å². The number of nitrogens with zero attached hydrogens (tertiary/aromatic N) is 1. The molecule has 6 nitrogen and oxygen atoms in total. The molecule has 3 aromatic rings. The lowest BCUT2D eigenvalue weighted by Gasteiger charge is -2.08. The van der Waals surface area contributed by atoms with Crippen LogP contribution in [0.25, 0.3) is 16.8 Å². The molecule has 0 saturated heterocycles. The summed E-state index contributed by atoms with van der Waals surface area (Å²) in [6.45, 7) is 0. The number of carbonyl (C=O) groups is 2. The lowest BCUT2D eigenvalue weighted by Crippen LogP contribution is -2.13. The number of aromatic hydroxyl groups is 1. The van der Waals surface area contributed by atoms with Crippen molar-refractivity contribution in [2.45, 2.75) is 0 Å². The molecule has 0 aromatic heterocycles. The number of hydrogen-bond donors (Lipinski definition) is 2. The summed E-state index contributed by atoms with van der Waals surface area (Å²) >= 11 is 0. The molecule has 0 bridgehead atoms. The number of ether oxygens (including phenoxy) is 1. The van der Waals surface area contributed by atoms with Crippen LogP contribution in [0.5, 0.6) is 5.75 Å². The van der Waals surface area contributed by atoms with Crippen LogP contribution in [0.15, 0.2) is 66.2 Å². The van der Waals surface area contributed by atoms with E-state index in [1.807, 2.05) is 24.3 Å². The van der Waals surface area contributed by atoms with Gasteiger partial charge < -0.3 is 15.2 Å². The molecule has 6 heteroatoms. The highest BCUT2D eigenvalue weighted by Crippen LogP contribution is 2.29. The molecule has 3 aromatic carbocycles. The van der Waals surface area contributed by atoms with E-state index < -0.39 is 11.9 Å². The fraction of sp³-hybridized carbons (Fsp3) is 0.0455. The number of benzene rings is 3.